The highest BCUT2D eigenvalue weighted by atomic mass is 32.2. The molecule has 1 atom stereocenters. The van der Waals surface area contributed by atoms with E-state index >= 15 is 0 Å². The van der Waals surface area contributed by atoms with Gasteiger partial charge in [0.25, 0.3) is 6.43 Å². The van der Waals surface area contributed by atoms with E-state index in [0.717, 1.165) is 48.6 Å². The molecule has 2 fully saturated rings. The summed E-state index contributed by atoms with van der Waals surface area (Å²) in [5, 5.41) is 7.98. The molecule has 14 heteroatoms. The van der Waals surface area contributed by atoms with Gasteiger partial charge in [-0.25, -0.2) is 17.2 Å². The molecule has 212 valence electrons. The summed E-state index contributed by atoms with van der Waals surface area (Å²) in [6.45, 7) is 4.09. The van der Waals surface area contributed by atoms with Crippen molar-refractivity contribution in [1.82, 2.24) is 24.7 Å². The van der Waals surface area contributed by atoms with Gasteiger partial charge in [-0.15, -0.1) is 0 Å². The number of likely N-dealkylation sites (N-methyl/N-ethyl adjacent to an activating group) is 1. The molecule has 1 amide bonds. The Kier molecular flexibility index (Phi) is 7.48. The van der Waals surface area contributed by atoms with Crippen molar-refractivity contribution in [2.45, 2.75) is 49.2 Å². The normalized spacial score (nSPS) is 22.7. The minimum atomic E-state index is -4.48. The first-order chi connectivity index (χ1) is 18.5. The number of aromatic amines is 1. The first-order valence-corrected chi connectivity index (χ1v) is 14.0. The Hall–Kier alpha value is -2.94. The van der Waals surface area contributed by atoms with Gasteiger partial charge in [0.2, 0.25) is 21.9 Å². The maximum absolute atomic E-state index is 14.0. The molecule has 39 heavy (non-hydrogen) atoms. The van der Waals surface area contributed by atoms with Gasteiger partial charge in [-0.2, -0.15) is 13.8 Å². The van der Waals surface area contributed by atoms with Crippen LogP contribution in [0.5, 0.6) is 0 Å². The minimum Gasteiger partial charge on any atom is -0.381 e. The van der Waals surface area contributed by atoms with E-state index in [-0.39, 0.29) is 10.9 Å². The van der Waals surface area contributed by atoms with Crippen molar-refractivity contribution < 1.29 is 35.9 Å². The summed E-state index contributed by atoms with van der Waals surface area (Å²) in [6.07, 6.45) is 2.91. The molecule has 1 unspecified atom stereocenters. The molecule has 0 radical (unpaired) electrons. The van der Waals surface area contributed by atoms with E-state index in [1.54, 1.807) is 6.08 Å². The Morgan fingerprint density at radius 2 is 2.03 bits per heavy atom. The number of hydrogen-bond donors (Lipinski definition) is 2. The van der Waals surface area contributed by atoms with Crippen molar-refractivity contribution in [1.29, 1.82) is 0 Å². The third kappa shape index (κ3) is 5.30. The number of nitrogens with one attached hydrogen (secondary N) is 2. The Morgan fingerprint density at radius 3 is 2.74 bits per heavy atom. The van der Waals surface area contributed by atoms with Crippen LogP contribution in [0.1, 0.15) is 38.2 Å². The van der Waals surface area contributed by atoms with Crippen molar-refractivity contribution >= 4 is 26.8 Å². The van der Waals surface area contributed by atoms with E-state index in [4.69, 9.17) is 9.47 Å². The number of carbonyl (C=O) groups excluding carboxylic acids is 1. The smallest absolute Gasteiger partial charge is 0.263 e. The predicted octanol–water partition coefficient (Wildman–Crippen LogP) is 2.82. The molecule has 3 heterocycles. The Labute approximate surface area is 223 Å². The fourth-order valence-corrected chi connectivity index (χ4v) is 6.73. The second-order valence-corrected chi connectivity index (χ2v) is 12.1. The van der Waals surface area contributed by atoms with Gasteiger partial charge in [0.05, 0.1) is 18.5 Å². The fraction of sp³-hybridized carbons (Fsp3) is 0.520. The van der Waals surface area contributed by atoms with Crippen LogP contribution in [0.2, 0.25) is 0 Å². The Balaban J connectivity index is 1.32. The molecule has 2 saturated heterocycles. The average Bonchev–Trinajstić information content (AvgIpc) is 3.27. The third-order valence-corrected chi connectivity index (χ3v) is 9.23. The molecule has 1 aromatic heterocycles. The number of benzene rings is 1. The Bertz CT molecular complexity index is 1440. The molecule has 3 aliphatic rings. The summed E-state index contributed by atoms with van der Waals surface area (Å²) in [6, 6.07) is 1.95. The lowest BCUT2D eigenvalue weighted by Crippen LogP contribution is -2.54. The number of alkyl halides is 2. The van der Waals surface area contributed by atoms with Crippen LogP contribution < -0.4 is 5.32 Å². The van der Waals surface area contributed by atoms with Crippen LogP contribution in [0.25, 0.3) is 10.9 Å². The van der Waals surface area contributed by atoms with Crippen molar-refractivity contribution in [3.05, 3.63) is 47.2 Å². The lowest BCUT2D eigenvalue weighted by atomic mass is 9.87. The van der Waals surface area contributed by atoms with E-state index < -0.39 is 50.9 Å². The highest BCUT2D eigenvalue weighted by Gasteiger charge is 2.42. The zero-order valence-electron chi connectivity index (χ0n) is 21.5. The molecule has 2 aromatic rings. The number of amides is 1. The van der Waals surface area contributed by atoms with E-state index in [2.05, 4.69) is 15.3 Å². The van der Waals surface area contributed by atoms with Gasteiger partial charge >= 0.3 is 0 Å². The van der Waals surface area contributed by atoms with Gasteiger partial charge in [-0.3, -0.25) is 9.89 Å². The summed E-state index contributed by atoms with van der Waals surface area (Å²) in [7, 11) is -3.34. The van der Waals surface area contributed by atoms with Crippen LogP contribution >= 0.6 is 0 Å². The summed E-state index contributed by atoms with van der Waals surface area (Å²) in [5.74, 6) is -1.66. The standard InChI is InChI=1S/C25H30F3N5O5S/c1-25-13-16(3-4-20(25)33(7-10-38-25)17-5-8-37-9-6-17)29-21(34)14-32(2)39(35,36)19-12-15(23(26)27)11-18-22(19)30-31-24(18)28/h3-4,11-12,17,23H,5-10,13-14H2,1-2H3,(H,29,34)(H,30,31). The molecule has 2 aliphatic heterocycles. The van der Waals surface area contributed by atoms with Gasteiger partial charge < -0.3 is 19.7 Å². The molecule has 0 spiro atoms. The molecule has 1 aliphatic carbocycles. The lowest BCUT2D eigenvalue weighted by Gasteiger charge is -2.49. The number of H-pyrrole nitrogens is 1. The van der Waals surface area contributed by atoms with Crippen LogP contribution in [0.15, 0.2) is 40.6 Å². The topological polar surface area (TPSA) is 117 Å². The molecule has 10 nitrogen and oxygen atoms in total. The fourth-order valence-electron chi connectivity index (χ4n) is 5.42. The maximum atomic E-state index is 14.0. The van der Waals surface area contributed by atoms with Crippen molar-refractivity contribution in [3.63, 3.8) is 0 Å². The lowest BCUT2D eigenvalue weighted by molar-refractivity contribution is -0.120. The molecule has 0 saturated carbocycles. The molecule has 5 rings (SSSR count). The monoisotopic (exact) mass is 569 g/mol. The number of carbonyl (C=O) groups is 1. The Morgan fingerprint density at radius 1 is 1.28 bits per heavy atom. The zero-order chi connectivity index (χ0) is 27.9. The number of hydrogen-bond acceptors (Lipinski definition) is 7. The average molecular weight is 570 g/mol. The van der Waals surface area contributed by atoms with Gasteiger partial charge in [0, 0.05) is 56.2 Å². The SMILES string of the molecule is CN(CC(=O)NC1=CC=C2N(C3CCOCC3)CCOC2(C)C1)S(=O)(=O)c1cc(C(F)F)cc2c(F)[nH]nc12. The van der Waals surface area contributed by atoms with Gasteiger partial charge in [0.15, 0.2) is 0 Å². The third-order valence-electron chi connectivity index (χ3n) is 7.41. The van der Waals surface area contributed by atoms with E-state index in [0.29, 0.717) is 38.0 Å². The van der Waals surface area contributed by atoms with Gasteiger partial charge in [-0.1, -0.05) is 0 Å². The van der Waals surface area contributed by atoms with Crippen LogP contribution in [-0.2, 0) is 24.3 Å². The van der Waals surface area contributed by atoms with Crippen LogP contribution in [0.3, 0.4) is 0 Å². The molecule has 0 bridgehead atoms. The number of aromatic nitrogens is 2. The van der Waals surface area contributed by atoms with E-state index in [1.165, 1.54) is 0 Å². The van der Waals surface area contributed by atoms with Crippen LogP contribution in [-0.4, -0.2) is 85.3 Å². The minimum absolute atomic E-state index is 0.326. The number of ether oxygens (including phenoxy) is 2. The maximum Gasteiger partial charge on any atom is 0.263 e. The first-order valence-electron chi connectivity index (χ1n) is 12.6. The van der Waals surface area contributed by atoms with E-state index in [1.807, 2.05) is 18.1 Å². The second-order valence-electron chi connectivity index (χ2n) is 10.1. The number of halogens is 3. The van der Waals surface area contributed by atoms with Crippen molar-refractivity contribution in [2.75, 3.05) is 40.0 Å². The number of morpholine rings is 1. The number of nitrogens with zero attached hydrogens (tertiary/aromatic N) is 3. The van der Waals surface area contributed by atoms with Gasteiger partial charge in [-0.05, 0) is 44.1 Å². The summed E-state index contributed by atoms with van der Waals surface area (Å²) < 4.78 is 79.7. The molecular weight excluding hydrogens is 539 g/mol. The van der Waals surface area contributed by atoms with E-state index in [9.17, 15) is 26.4 Å². The van der Waals surface area contributed by atoms with Gasteiger partial charge in [0.1, 0.15) is 16.0 Å². The van der Waals surface area contributed by atoms with Crippen LogP contribution in [0, 0.1) is 5.95 Å². The summed E-state index contributed by atoms with van der Waals surface area (Å²) in [4.78, 5) is 14.6. The number of rotatable bonds is 7. The predicted molar refractivity (Wildman–Crippen MR) is 135 cm³/mol. The highest BCUT2D eigenvalue weighted by molar-refractivity contribution is 7.89. The number of fused-ring (bicyclic) bond motifs is 2. The summed E-state index contributed by atoms with van der Waals surface area (Å²) in [5.41, 5.74) is -0.0649. The second kappa shape index (κ2) is 10.6. The summed E-state index contributed by atoms with van der Waals surface area (Å²) >= 11 is 0. The molecule has 1 aromatic carbocycles. The van der Waals surface area contributed by atoms with Crippen LogP contribution in [0.4, 0.5) is 13.2 Å². The number of allylic oxidation sites excluding steroid dienone is 2. The zero-order valence-corrected chi connectivity index (χ0v) is 22.4. The molecular formula is C25H30F3N5O5S. The molecule has 2 N–H and O–H groups in total. The first kappa shape index (κ1) is 27.6. The highest BCUT2D eigenvalue weighted by Crippen LogP contribution is 2.39. The van der Waals surface area contributed by atoms with Crippen molar-refractivity contribution in [3.8, 4) is 0 Å². The quantitative estimate of drug-likeness (QED) is 0.527. The number of sulfonamides is 1. The van der Waals surface area contributed by atoms with Crippen molar-refractivity contribution in [2.24, 2.45) is 0 Å². The largest absolute Gasteiger partial charge is 0.381 e.